The maximum absolute atomic E-state index is 12.8. The molecule has 3 aromatic rings. The molecule has 0 radical (unpaired) electrons. The van der Waals surface area contributed by atoms with E-state index in [1.165, 1.54) is 12.1 Å². The van der Waals surface area contributed by atoms with Crippen LogP contribution in [0.2, 0.25) is 0 Å². The van der Waals surface area contributed by atoms with Gasteiger partial charge >= 0.3 is 12.1 Å². The summed E-state index contributed by atoms with van der Waals surface area (Å²) in [6.45, 7) is 0.714. The highest BCUT2D eigenvalue weighted by Crippen LogP contribution is 2.34. The number of anilines is 1. The Labute approximate surface area is 146 Å². The number of pyridine rings is 1. The molecule has 0 aliphatic carbocycles. The molecule has 4 rings (SSSR count). The van der Waals surface area contributed by atoms with Crippen LogP contribution in [0, 0.1) is 5.92 Å². The van der Waals surface area contributed by atoms with E-state index < -0.39 is 23.6 Å². The lowest BCUT2D eigenvalue weighted by molar-refractivity contribution is -0.142. The van der Waals surface area contributed by atoms with E-state index in [2.05, 4.69) is 4.98 Å². The molecule has 0 unspecified atom stereocenters. The minimum atomic E-state index is -4.39. The fourth-order valence-corrected chi connectivity index (χ4v) is 3.07. The summed E-state index contributed by atoms with van der Waals surface area (Å²) in [5.41, 5.74) is 1.18. The Hall–Kier alpha value is -3.03. The summed E-state index contributed by atoms with van der Waals surface area (Å²) in [5.74, 6) is -0.682. The first-order chi connectivity index (χ1) is 12.3. The van der Waals surface area contributed by atoms with Gasteiger partial charge in [-0.2, -0.15) is 13.2 Å². The third-order valence-corrected chi connectivity index (χ3v) is 4.53. The molecular weight excluding hydrogens is 347 g/mol. The van der Waals surface area contributed by atoms with Gasteiger partial charge in [0.15, 0.2) is 0 Å². The Balaban J connectivity index is 1.73. The normalized spacial score (nSPS) is 15.3. The van der Waals surface area contributed by atoms with Gasteiger partial charge in [0.2, 0.25) is 5.95 Å². The Morgan fingerprint density at radius 2 is 1.81 bits per heavy atom. The van der Waals surface area contributed by atoms with Crippen LogP contribution in [0.25, 0.3) is 16.8 Å². The SMILES string of the molecule is O=C(O)C1CN(c2nc(-c3ccc(C(F)(F)F)cc3)c3ccccn23)C1. The second-order valence-electron chi connectivity index (χ2n) is 6.23. The zero-order valence-corrected chi connectivity index (χ0v) is 13.4. The van der Waals surface area contributed by atoms with Gasteiger partial charge in [0.05, 0.1) is 22.7 Å². The van der Waals surface area contributed by atoms with Crippen molar-refractivity contribution in [3.8, 4) is 11.3 Å². The molecule has 5 nitrogen and oxygen atoms in total. The van der Waals surface area contributed by atoms with Crippen molar-refractivity contribution in [1.29, 1.82) is 0 Å². The predicted octanol–water partition coefficient (Wildman–Crippen LogP) is 3.54. The van der Waals surface area contributed by atoms with Crippen molar-refractivity contribution >= 4 is 17.4 Å². The first-order valence-electron chi connectivity index (χ1n) is 7.97. The van der Waals surface area contributed by atoms with E-state index in [-0.39, 0.29) is 0 Å². The smallest absolute Gasteiger partial charge is 0.416 e. The lowest BCUT2D eigenvalue weighted by Gasteiger charge is -2.36. The van der Waals surface area contributed by atoms with Gasteiger partial charge in [-0.05, 0) is 24.3 Å². The summed E-state index contributed by atoms with van der Waals surface area (Å²) >= 11 is 0. The number of nitrogens with zero attached hydrogens (tertiary/aromatic N) is 3. The fraction of sp³-hybridized carbons (Fsp3) is 0.222. The van der Waals surface area contributed by atoms with Crippen LogP contribution in [0.15, 0.2) is 48.7 Å². The monoisotopic (exact) mass is 361 g/mol. The third-order valence-electron chi connectivity index (χ3n) is 4.53. The van der Waals surface area contributed by atoms with Crippen molar-refractivity contribution in [2.24, 2.45) is 5.92 Å². The van der Waals surface area contributed by atoms with E-state index in [4.69, 9.17) is 5.11 Å². The van der Waals surface area contributed by atoms with E-state index in [1.54, 1.807) is 6.20 Å². The first kappa shape index (κ1) is 16.4. The van der Waals surface area contributed by atoms with Crippen LogP contribution in [0.4, 0.5) is 19.1 Å². The molecule has 0 amide bonds. The van der Waals surface area contributed by atoms with Gasteiger partial charge in [0, 0.05) is 24.8 Å². The average Bonchev–Trinajstić information content (AvgIpc) is 2.92. The highest BCUT2D eigenvalue weighted by atomic mass is 19.4. The highest BCUT2D eigenvalue weighted by Gasteiger charge is 2.35. The number of aliphatic carboxylic acids is 1. The number of halogens is 3. The second kappa shape index (κ2) is 5.76. The molecule has 1 N–H and O–H groups in total. The van der Waals surface area contributed by atoms with Crippen LogP contribution < -0.4 is 4.90 Å². The average molecular weight is 361 g/mol. The summed E-state index contributed by atoms with van der Waals surface area (Å²) in [6, 6.07) is 10.3. The molecule has 134 valence electrons. The zero-order valence-electron chi connectivity index (χ0n) is 13.4. The Bertz CT molecular complexity index is 974. The van der Waals surface area contributed by atoms with E-state index >= 15 is 0 Å². The number of imidazole rings is 1. The van der Waals surface area contributed by atoms with Crippen LogP contribution in [-0.4, -0.2) is 33.6 Å². The van der Waals surface area contributed by atoms with Crippen LogP contribution in [0.3, 0.4) is 0 Å². The minimum absolute atomic E-state index is 0.357. The molecule has 1 fully saturated rings. The van der Waals surface area contributed by atoms with Crippen molar-refractivity contribution in [3.05, 3.63) is 54.2 Å². The van der Waals surface area contributed by atoms with Crippen molar-refractivity contribution in [2.75, 3.05) is 18.0 Å². The Morgan fingerprint density at radius 1 is 1.12 bits per heavy atom. The number of hydrogen-bond donors (Lipinski definition) is 1. The maximum atomic E-state index is 12.8. The molecule has 1 saturated heterocycles. The number of aromatic nitrogens is 2. The number of benzene rings is 1. The molecule has 1 aliphatic heterocycles. The predicted molar refractivity (Wildman–Crippen MR) is 89.0 cm³/mol. The summed E-state index contributed by atoms with van der Waals surface area (Å²) in [7, 11) is 0. The van der Waals surface area contributed by atoms with E-state index in [0.29, 0.717) is 30.3 Å². The molecule has 3 heterocycles. The molecule has 0 saturated carbocycles. The molecule has 26 heavy (non-hydrogen) atoms. The van der Waals surface area contributed by atoms with Crippen LogP contribution >= 0.6 is 0 Å². The number of fused-ring (bicyclic) bond motifs is 1. The summed E-state index contributed by atoms with van der Waals surface area (Å²) in [6.07, 6.45) is -2.58. The summed E-state index contributed by atoms with van der Waals surface area (Å²) in [4.78, 5) is 17.4. The Morgan fingerprint density at radius 3 is 2.42 bits per heavy atom. The van der Waals surface area contributed by atoms with Gasteiger partial charge in [-0.3, -0.25) is 9.20 Å². The van der Waals surface area contributed by atoms with Crippen molar-refractivity contribution in [2.45, 2.75) is 6.18 Å². The van der Waals surface area contributed by atoms with E-state index in [9.17, 15) is 18.0 Å². The molecule has 0 bridgehead atoms. The Kier molecular flexibility index (Phi) is 3.64. The fourth-order valence-electron chi connectivity index (χ4n) is 3.07. The summed E-state index contributed by atoms with van der Waals surface area (Å²) in [5, 5.41) is 9.04. The molecule has 8 heteroatoms. The van der Waals surface area contributed by atoms with E-state index in [0.717, 1.165) is 17.6 Å². The van der Waals surface area contributed by atoms with Gasteiger partial charge in [-0.1, -0.05) is 18.2 Å². The summed E-state index contributed by atoms with van der Waals surface area (Å²) < 4.78 is 40.1. The lowest BCUT2D eigenvalue weighted by Crippen LogP contribution is -2.51. The quantitative estimate of drug-likeness (QED) is 0.775. The topological polar surface area (TPSA) is 57.8 Å². The molecule has 2 aromatic heterocycles. The third kappa shape index (κ3) is 2.67. The number of hydrogen-bond acceptors (Lipinski definition) is 3. The van der Waals surface area contributed by atoms with Gasteiger partial charge < -0.3 is 10.0 Å². The highest BCUT2D eigenvalue weighted by molar-refractivity contribution is 5.81. The molecular formula is C18H14F3N3O2. The molecule has 0 atom stereocenters. The van der Waals surface area contributed by atoms with Gasteiger partial charge in [0.1, 0.15) is 0 Å². The van der Waals surface area contributed by atoms with Gasteiger partial charge in [0.25, 0.3) is 0 Å². The minimum Gasteiger partial charge on any atom is -0.481 e. The molecule has 1 aromatic carbocycles. The number of carbonyl (C=O) groups is 1. The number of carboxylic acids is 1. The van der Waals surface area contributed by atoms with Crippen molar-refractivity contribution in [3.63, 3.8) is 0 Å². The second-order valence-corrected chi connectivity index (χ2v) is 6.23. The number of carboxylic acid groups (broad SMARTS) is 1. The zero-order chi connectivity index (χ0) is 18.5. The molecule has 1 aliphatic rings. The number of alkyl halides is 3. The van der Waals surface area contributed by atoms with Crippen molar-refractivity contribution < 1.29 is 23.1 Å². The molecule has 0 spiro atoms. The standard InChI is InChI=1S/C18H14F3N3O2/c19-18(20,21)13-6-4-11(5-7-13)15-14-3-1-2-8-24(14)17(22-15)23-9-12(10-23)16(25)26/h1-8,12H,9-10H2,(H,25,26). The largest absolute Gasteiger partial charge is 0.481 e. The van der Waals surface area contributed by atoms with Crippen LogP contribution in [0.1, 0.15) is 5.56 Å². The first-order valence-corrected chi connectivity index (χ1v) is 7.97. The van der Waals surface area contributed by atoms with Crippen LogP contribution in [-0.2, 0) is 11.0 Å². The van der Waals surface area contributed by atoms with Crippen LogP contribution in [0.5, 0.6) is 0 Å². The number of rotatable bonds is 3. The lowest BCUT2D eigenvalue weighted by atomic mass is 10.0. The van der Waals surface area contributed by atoms with Crippen molar-refractivity contribution in [1.82, 2.24) is 9.38 Å². The van der Waals surface area contributed by atoms with Gasteiger partial charge in [-0.15, -0.1) is 0 Å². The van der Waals surface area contributed by atoms with E-state index in [1.807, 2.05) is 27.5 Å². The van der Waals surface area contributed by atoms with Gasteiger partial charge in [-0.25, -0.2) is 4.98 Å². The maximum Gasteiger partial charge on any atom is 0.416 e.